The molecule has 1 atom stereocenters. The van der Waals surface area contributed by atoms with Crippen LogP contribution >= 0.6 is 15.9 Å². The Labute approximate surface area is 107 Å². The van der Waals surface area contributed by atoms with E-state index < -0.39 is 0 Å². The van der Waals surface area contributed by atoms with Crippen molar-refractivity contribution >= 4 is 15.9 Å². The molecule has 0 spiro atoms. The van der Waals surface area contributed by atoms with E-state index in [-0.39, 0.29) is 0 Å². The molecule has 0 amide bonds. The van der Waals surface area contributed by atoms with Crippen LogP contribution in [0.3, 0.4) is 0 Å². The quantitative estimate of drug-likeness (QED) is 0.866. The van der Waals surface area contributed by atoms with E-state index >= 15 is 0 Å². The summed E-state index contributed by atoms with van der Waals surface area (Å²) in [5.74, 6) is 0.693. The summed E-state index contributed by atoms with van der Waals surface area (Å²) in [6.07, 6.45) is 6.09. The number of pyridine rings is 1. The molecule has 1 heterocycles. The van der Waals surface area contributed by atoms with Gasteiger partial charge in [0.2, 0.25) is 0 Å². The second kappa shape index (κ2) is 7.02. The molecule has 1 unspecified atom stereocenters. The molecule has 2 nitrogen and oxygen atoms in total. The molecule has 0 saturated heterocycles. The first-order valence-electron chi connectivity index (χ1n) is 5.94. The van der Waals surface area contributed by atoms with Crippen LogP contribution in [0.4, 0.5) is 0 Å². The lowest BCUT2D eigenvalue weighted by Gasteiger charge is -2.17. The van der Waals surface area contributed by atoms with E-state index in [0.29, 0.717) is 12.0 Å². The number of aromatic nitrogens is 1. The normalized spacial score (nSPS) is 13.1. The lowest BCUT2D eigenvalue weighted by atomic mass is 9.98. The van der Waals surface area contributed by atoms with E-state index in [2.05, 4.69) is 53.1 Å². The van der Waals surface area contributed by atoms with Crippen molar-refractivity contribution in [2.75, 3.05) is 6.54 Å². The smallest absolute Gasteiger partial charge is 0.0410 e. The van der Waals surface area contributed by atoms with Gasteiger partial charge in [-0.1, -0.05) is 27.2 Å². The van der Waals surface area contributed by atoms with Gasteiger partial charge in [-0.25, -0.2) is 0 Å². The summed E-state index contributed by atoms with van der Waals surface area (Å²) in [6, 6.07) is 2.72. The van der Waals surface area contributed by atoms with E-state index in [4.69, 9.17) is 0 Å². The monoisotopic (exact) mass is 284 g/mol. The maximum atomic E-state index is 4.20. The molecule has 0 saturated carbocycles. The highest BCUT2D eigenvalue weighted by Gasteiger charge is 2.08. The van der Waals surface area contributed by atoms with Gasteiger partial charge in [0, 0.05) is 22.9 Å². The minimum Gasteiger partial charge on any atom is -0.314 e. The second-order valence-electron chi connectivity index (χ2n) is 4.55. The van der Waals surface area contributed by atoms with Crippen LogP contribution in [0.5, 0.6) is 0 Å². The van der Waals surface area contributed by atoms with Gasteiger partial charge in [-0.2, -0.15) is 0 Å². The van der Waals surface area contributed by atoms with E-state index in [0.717, 1.165) is 17.4 Å². The van der Waals surface area contributed by atoms with Gasteiger partial charge in [0.25, 0.3) is 0 Å². The third-order valence-corrected chi connectivity index (χ3v) is 3.11. The average molecular weight is 285 g/mol. The van der Waals surface area contributed by atoms with Crippen LogP contribution in [0.25, 0.3) is 0 Å². The van der Waals surface area contributed by atoms with Gasteiger partial charge in [-0.15, -0.1) is 0 Å². The first-order valence-corrected chi connectivity index (χ1v) is 6.74. The SMILES string of the molecule is CCC(CNC(C)C)Cc1cncc(Br)c1. The first-order chi connectivity index (χ1) is 7.61. The number of rotatable bonds is 6. The van der Waals surface area contributed by atoms with Crippen molar-refractivity contribution in [3.8, 4) is 0 Å². The number of nitrogens with zero attached hydrogens (tertiary/aromatic N) is 1. The minimum absolute atomic E-state index is 0.565. The van der Waals surface area contributed by atoms with Gasteiger partial charge < -0.3 is 5.32 Å². The van der Waals surface area contributed by atoms with Crippen LogP contribution in [-0.4, -0.2) is 17.6 Å². The second-order valence-corrected chi connectivity index (χ2v) is 5.47. The van der Waals surface area contributed by atoms with Crippen molar-refractivity contribution < 1.29 is 0 Å². The molecule has 0 aliphatic heterocycles. The Morgan fingerprint density at radius 2 is 2.12 bits per heavy atom. The molecule has 1 N–H and O–H groups in total. The number of halogens is 1. The van der Waals surface area contributed by atoms with Crippen LogP contribution < -0.4 is 5.32 Å². The van der Waals surface area contributed by atoms with Crippen molar-refractivity contribution in [3.63, 3.8) is 0 Å². The summed E-state index contributed by atoms with van der Waals surface area (Å²) < 4.78 is 1.07. The molecule has 1 rings (SSSR count). The van der Waals surface area contributed by atoms with Gasteiger partial charge >= 0.3 is 0 Å². The molecule has 0 bridgehead atoms. The summed E-state index contributed by atoms with van der Waals surface area (Å²) in [5.41, 5.74) is 1.31. The van der Waals surface area contributed by atoms with E-state index in [1.165, 1.54) is 12.0 Å². The molecule has 90 valence electrons. The van der Waals surface area contributed by atoms with Crippen LogP contribution in [0.15, 0.2) is 22.9 Å². The highest BCUT2D eigenvalue weighted by atomic mass is 79.9. The molecule has 1 aromatic heterocycles. The molecule has 0 radical (unpaired) electrons. The average Bonchev–Trinajstić information content (AvgIpc) is 2.24. The van der Waals surface area contributed by atoms with Crippen molar-refractivity contribution in [2.45, 2.75) is 39.7 Å². The topological polar surface area (TPSA) is 24.9 Å². The fourth-order valence-corrected chi connectivity index (χ4v) is 2.08. The Morgan fingerprint density at radius 1 is 1.38 bits per heavy atom. The number of hydrogen-bond donors (Lipinski definition) is 1. The summed E-state index contributed by atoms with van der Waals surface area (Å²) in [5, 5.41) is 3.50. The number of hydrogen-bond acceptors (Lipinski definition) is 2. The highest BCUT2D eigenvalue weighted by molar-refractivity contribution is 9.10. The predicted molar refractivity (Wildman–Crippen MR) is 72.6 cm³/mol. The van der Waals surface area contributed by atoms with E-state index in [1.54, 1.807) is 0 Å². The molecule has 0 aliphatic rings. The van der Waals surface area contributed by atoms with Crippen LogP contribution in [-0.2, 0) is 6.42 Å². The Kier molecular flexibility index (Phi) is 5.99. The van der Waals surface area contributed by atoms with Crippen molar-refractivity contribution in [1.82, 2.24) is 10.3 Å². The third kappa shape index (κ3) is 5.08. The zero-order valence-corrected chi connectivity index (χ0v) is 11.9. The van der Waals surface area contributed by atoms with Gasteiger partial charge in [-0.05, 0) is 46.4 Å². The summed E-state index contributed by atoms with van der Waals surface area (Å²) >= 11 is 3.46. The molecule has 0 fully saturated rings. The Balaban J connectivity index is 2.49. The molecule has 16 heavy (non-hydrogen) atoms. The first kappa shape index (κ1) is 13.7. The van der Waals surface area contributed by atoms with Gasteiger partial charge in [0.1, 0.15) is 0 Å². The molecular weight excluding hydrogens is 264 g/mol. The van der Waals surface area contributed by atoms with Gasteiger partial charge in [0.05, 0.1) is 0 Å². The molecule has 3 heteroatoms. The van der Waals surface area contributed by atoms with Crippen LogP contribution in [0, 0.1) is 5.92 Å². The summed E-state index contributed by atoms with van der Waals surface area (Å²) in [7, 11) is 0. The lowest BCUT2D eigenvalue weighted by Crippen LogP contribution is -2.29. The highest BCUT2D eigenvalue weighted by Crippen LogP contribution is 2.15. The Hall–Kier alpha value is -0.410. The molecular formula is C13H21BrN2. The Morgan fingerprint density at radius 3 is 2.69 bits per heavy atom. The zero-order valence-electron chi connectivity index (χ0n) is 10.3. The van der Waals surface area contributed by atoms with Crippen molar-refractivity contribution in [1.29, 1.82) is 0 Å². The maximum Gasteiger partial charge on any atom is 0.0410 e. The summed E-state index contributed by atoms with van der Waals surface area (Å²) in [6.45, 7) is 7.71. The standard InChI is InChI=1S/C13H21BrN2/c1-4-11(8-16-10(2)3)5-12-6-13(14)9-15-7-12/h6-7,9-11,16H,4-5,8H2,1-3H3. The maximum absolute atomic E-state index is 4.20. The van der Waals surface area contributed by atoms with Crippen molar-refractivity contribution in [2.24, 2.45) is 5.92 Å². The van der Waals surface area contributed by atoms with Crippen LogP contribution in [0.1, 0.15) is 32.8 Å². The van der Waals surface area contributed by atoms with E-state index in [1.807, 2.05) is 12.4 Å². The van der Waals surface area contributed by atoms with Crippen LogP contribution in [0.2, 0.25) is 0 Å². The minimum atomic E-state index is 0.565. The molecule has 0 aliphatic carbocycles. The third-order valence-electron chi connectivity index (χ3n) is 2.68. The van der Waals surface area contributed by atoms with E-state index in [9.17, 15) is 0 Å². The molecule has 0 aromatic carbocycles. The van der Waals surface area contributed by atoms with Gasteiger partial charge in [0.15, 0.2) is 0 Å². The number of nitrogens with one attached hydrogen (secondary N) is 1. The summed E-state index contributed by atoms with van der Waals surface area (Å²) in [4.78, 5) is 4.20. The van der Waals surface area contributed by atoms with Crippen molar-refractivity contribution in [3.05, 3.63) is 28.5 Å². The predicted octanol–water partition coefficient (Wildman–Crippen LogP) is 3.41. The Bertz CT molecular complexity index is 313. The zero-order chi connectivity index (χ0) is 12.0. The fraction of sp³-hybridized carbons (Fsp3) is 0.615. The molecule has 1 aromatic rings. The van der Waals surface area contributed by atoms with Gasteiger partial charge in [-0.3, -0.25) is 4.98 Å². The fourth-order valence-electron chi connectivity index (χ4n) is 1.66. The largest absolute Gasteiger partial charge is 0.314 e. The lowest BCUT2D eigenvalue weighted by molar-refractivity contribution is 0.435.